The number of nitrogens with zero attached hydrogens (tertiary/aromatic N) is 3. The second-order valence-electron chi connectivity index (χ2n) is 3.97. The van der Waals surface area contributed by atoms with Crippen LogP contribution in [0.2, 0.25) is 0 Å². The lowest BCUT2D eigenvalue weighted by Crippen LogP contribution is -2.10. The second-order valence-corrected chi connectivity index (χ2v) is 3.97. The molecule has 1 heterocycles. The van der Waals surface area contributed by atoms with Gasteiger partial charge in [-0.2, -0.15) is 0 Å². The monoisotopic (exact) mass is 292 g/mol. The van der Waals surface area contributed by atoms with Crippen molar-refractivity contribution < 1.29 is 22.0 Å². The van der Waals surface area contributed by atoms with Crippen LogP contribution in [0.4, 0.5) is 22.0 Å². The maximum atomic E-state index is 13.5. The molecule has 0 spiro atoms. The quantitative estimate of drug-likeness (QED) is 0.531. The molecule has 0 aliphatic carbocycles. The minimum atomic E-state index is -2.22. The Labute approximate surface area is 110 Å². The topological polar surface area (TPSA) is 56.7 Å². The first-order chi connectivity index (χ1) is 9.47. The highest BCUT2D eigenvalue weighted by atomic mass is 19.2. The van der Waals surface area contributed by atoms with Gasteiger partial charge in [-0.3, -0.25) is 0 Å². The van der Waals surface area contributed by atoms with Gasteiger partial charge in [-0.1, -0.05) is 5.21 Å². The smallest absolute Gasteiger partial charge is 0.200 e. The minimum absolute atomic E-state index is 0.333. The molecular formula is C11H9F5N4. The average Bonchev–Trinajstić information content (AvgIpc) is 2.89. The predicted octanol–water partition coefficient (Wildman–Crippen LogP) is 1.85. The number of benzene rings is 1. The van der Waals surface area contributed by atoms with Crippen molar-refractivity contribution in [2.75, 3.05) is 6.54 Å². The minimum Gasteiger partial charge on any atom is -0.330 e. The lowest BCUT2D eigenvalue weighted by molar-refractivity contribution is 0.373. The summed E-state index contributed by atoms with van der Waals surface area (Å²) in [7, 11) is 0. The molecule has 0 fully saturated rings. The third-order valence-electron chi connectivity index (χ3n) is 2.59. The van der Waals surface area contributed by atoms with Crippen molar-refractivity contribution in [3.05, 3.63) is 41.0 Å². The fourth-order valence-electron chi connectivity index (χ4n) is 1.60. The highest BCUT2D eigenvalue weighted by Gasteiger charge is 2.27. The van der Waals surface area contributed by atoms with Gasteiger partial charge < -0.3 is 5.73 Å². The normalized spacial score (nSPS) is 11.1. The van der Waals surface area contributed by atoms with Crippen molar-refractivity contribution in [1.82, 2.24) is 15.0 Å². The average molecular weight is 292 g/mol. The van der Waals surface area contributed by atoms with Gasteiger partial charge in [0.2, 0.25) is 5.82 Å². The molecule has 0 atom stereocenters. The van der Waals surface area contributed by atoms with E-state index in [1.54, 1.807) is 0 Å². The van der Waals surface area contributed by atoms with E-state index < -0.39 is 34.8 Å². The molecule has 9 heteroatoms. The second kappa shape index (κ2) is 5.53. The van der Waals surface area contributed by atoms with E-state index in [1.807, 2.05) is 0 Å². The zero-order valence-corrected chi connectivity index (χ0v) is 10.0. The molecule has 0 aliphatic heterocycles. The van der Waals surface area contributed by atoms with Gasteiger partial charge >= 0.3 is 0 Å². The van der Waals surface area contributed by atoms with Gasteiger partial charge in [-0.05, 0) is 19.4 Å². The van der Waals surface area contributed by atoms with E-state index in [9.17, 15) is 22.0 Å². The zero-order valence-electron chi connectivity index (χ0n) is 10.0. The molecule has 0 aliphatic rings. The van der Waals surface area contributed by atoms with Crippen LogP contribution in [-0.2, 0) is 6.42 Å². The molecule has 1 aromatic carbocycles. The van der Waals surface area contributed by atoms with Crippen LogP contribution in [0.5, 0.6) is 0 Å². The van der Waals surface area contributed by atoms with E-state index in [1.165, 1.54) is 0 Å². The Hall–Kier alpha value is -2.03. The number of halogens is 5. The maximum absolute atomic E-state index is 13.5. The van der Waals surface area contributed by atoms with Gasteiger partial charge in [0, 0.05) is 0 Å². The van der Waals surface area contributed by atoms with Gasteiger partial charge in [0.25, 0.3) is 0 Å². The van der Waals surface area contributed by atoms with Crippen LogP contribution in [0.3, 0.4) is 0 Å². The summed E-state index contributed by atoms with van der Waals surface area (Å²) < 4.78 is 66.6. The number of aryl methyl sites for hydroxylation is 1. The first-order valence-corrected chi connectivity index (χ1v) is 5.60. The Bertz CT molecular complexity index is 611. The van der Waals surface area contributed by atoms with E-state index in [2.05, 4.69) is 10.3 Å². The van der Waals surface area contributed by atoms with Crippen LogP contribution in [-0.4, -0.2) is 21.5 Å². The van der Waals surface area contributed by atoms with Crippen LogP contribution in [0.1, 0.15) is 12.1 Å². The summed E-state index contributed by atoms with van der Waals surface area (Å²) in [5, 5.41) is 6.94. The summed E-state index contributed by atoms with van der Waals surface area (Å²) in [5.41, 5.74) is 4.46. The summed E-state index contributed by atoms with van der Waals surface area (Å²) in [4.78, 5) is 0. The summed E-state index contributed by atoms with van der Waals surface area (Å²) in [6, 6.07) is 0. The van der Waals surface area contributed by atoms with Crippen molar-refractivity contribution in [3.63, 3.8) is 0 Å². The third-order valence-corrected chi connectivity index (χ3v) is 2.59. The van der Waals surface area contributed by atoms with E-state index in [-0.39, 0.29) is 0 Å². The number of hydrogen-bond donors (Lipinski definition) is 1. The highest BCUT2D eigenvalue weighted by Crippen LogP contribution is 2.25. The fraction of sp³-hybridized carbons (Fsp3) is 0.273. The van der Waals surface area contributed by atoms with Gasteiger partial charge in [0.1, 0.15) is 5.69 Å². The molecule has 2 rings (SSSR count). The lowest BCUT2D eigenvalue weighted by atomic mass is 10.2. The van der Waals surface area contributed by atoms with E-state index >= 15 is 0 Å². The summed E-state index contributed by atoms with van der Waals surface area (Å²) >= 11 is 0. The number of hydrogen-bond acceptors (Lipinski definition) is 3. The molecule has 0 bridgehead atoms. The van der Waals surface area contributed by atoms with E-state index in [4.69, 9.17) is 5.73 Å². The molecule has 0 saturated heterocycles. The Morgan fingerprint density at radius 3 is 2.05 bits per heavy atom. The SMILES string of the molecule is NCCCc1cn(-c2c(F)c(F)c(F)c(F)c2F)nn1. The van der Waals surface area contributed by atoms with Crippen molar-refractivity contribution in [2.45, 2.75) is 12.8 Å². The Morgan fingerprint density at radius 1 is 0.950 bits per heavy atom. The number of aromatic nitrogens is 3. The van der Waals surface area contributed by atoms with Crippen LogP contribution >= 0.6 is 0 Å². The largest absolute Gasteiger partial charge is 0.330 e. The first-order valence-electron chi connectivity index (χ1n) is 5.60. The molecule has 2 aromatic rings. The molecule has 2 N–H and O–H groups in total. The van der Waals surface area contributed by atoms with Crippen molar-refractivity contribution >= 4 is 0 Å². The van der Waals surface area contributed by atoms with Crippen molar-refractivity contribution in [1.29, 1.82) is 0 Å². The Morgan fingerprint density at radius 2 is 1.50 bits per heavy atom. The first kappa shape index (κ1) is 14.4. The van der Waals surface area contributed by atoms with Crippen molar-refractivity contribution in [3.8, 4) is 5.69 Å². The molecule has 0 unspecified atom stereocenters. The number of nitrogens with two attached hydrogens (primary N) is 1. The summed E-state index contributed by atoms with van der Waals surface area (Å²) in [6.45, 7) is 0.370. The van der Waals surface area contributed by atoms with Crippen molar-refractivity contribution in [2.24, 2.45) is 5.73 Å². The predicted molar refractivity (Wildman–Crippen MR) is 58.5 cm³/mol. The Balaban J connectivity index is 2.50. The standard InChI is InChI=1S/C11H9F5N4/c12-6-7(13)9(15)11(10(16)8(6)14)20-4-5(18-19-20)2-1-3-17/h4H,1-3,17H2. The molecule has 0 amide bonds. The highest BCUT2D eigenvalue weighted by molar-refractivity contribution is 5.36. The molecule has 0 saturated carbocycles. The Kier molecular flexibility index (Phi) is 3.98. The van der Waals surface area contributed by atoms with E-state index in [0.717, 1.165) is 6.20 Å². The fourth-order valence-corrected chi connectivity index (χ4v) is 1.60. The van der Waals surface area contributed by atoms with Gasteiger partial charge in [-0.15, -0.1) is 5.10 Å². The van der Waals surface area contributed by atoms with Gasteiger partial charge in [0.05, 0.1) is 11.9 Å². The van der Waals surface area contributed by atoms with Crippen LogP contribution in [0, 0.1) is 29.1 Å². The molecule has 0 radical (unpaired) electrons. The van der Waals surface area contributed by atoms with Crippen LogP contribution < -0.4 is 5.73 Å². The third kappa shape index (κ3) is 2.36. The van der Waals surface area contributed by atoms with Gasteiger partial charge in [0.15, 0.2) is 23.3 Å². The molecule has 4 nitrogen and oxygen atoms in total. The molecule has 1 aromatic heterocycles. The zero-order chi connectivity index (χ0) is 14.9. The van der Waals surface area contributed by atoms with Crippen LogP contribution in [0.25, 0.3) is 5.69 Å². The lowest BCUT2D eigenvalue weighted by Gasteiger charge is -2.06. The number of rotatable bonds is 4. The van der Waals surface area contributed by atoms with E-state index in [0.29, 0.717) is 29.8 Å². The summed E-state index contributed by atoms with van der Waals surface area (Å²) in [6.07, 6.45) is 2.02. The molecular weight excluding hydrogens is 283 g/mol. The van der Waals surface area contributed by atoms with Crippen LogP contribution in [0.15, 0.2) is 6.20 Å². The summed E-state index contributed by atoms with van der Waals surface area (Å²) in [5.74, 6) is -10.2. The van der Waals surface area contributed by atoms with Gasteiger partial charge in [-0.25, -0.2) is 26.6 Å². The maximum Gasteiger partial charge on any atom is 0.200 e. The molecule has 20 heavy (non-hydrogen) atoms. The molecule has 108 valence electrons.